The summed E-state index contributed by atoms with van der Waals surface area (Å²) >= 11 is 0. The van der Waals surface area contributed by atoms with Crippen molar-refractivity contribution in [1.82, 2.24) is 9.88 Å². The number of carbonyl (C=O) groups is 2. The third-order valence-corrected chi connectivity index (χ3v) is 6.38. The maximum atomic E-state index is 12.8. The largest absolute Gasteiger partial charge is 0.339 e. The molecule has 1 aromatic heterocycles. The molecule has 0 saturated heterocycles. The first-order chi connectivity index (χ1) is 15.3. The standard InChI is InChI=1S/C25H30N4O3/c1-16-21(17(2)27-24(31)22(16)15-26)13-14-23(30)28-19-11-9-18(10-12-19)25(32)29(3)20-7-5-4-6-8-20/h9-12,20H,4-8,13-14H2,1-3H3,(H,27,31)(H,28,30). The number of nitriles is 1. The quantitative estimate of drug-likeness (QED) is 0.720. The number of rotatable bonds is 6. The van der Waals surface area contributed by atoms with Crippen LogP contribution in [0.3, 0.4) is 0 Å². The summed E-state index contributed by atoms with van der Waals surface area (Å²) in [6.45, 7) is 3.50. The number of aromatic nitrogens is 1. The van der Waals surface area contributed by atoms with Crippen molar-refractivity contribution < 1.29 is 9.59 Å². The van der Waals surface area contributed by atoms with E-state index in [1.165, 1.54) is 19.3 Å². The normalized spacial score (nSPS) is 13.9. The average molecular weight is 435 g/mol. The van der Waals surface area contributed by atoms with Gasteiger partial charge < -0.3 is 15.2 Å². The summed E-state index contributed by atoms with van der Waals surface area (Å²) < 4.78 is 0. The number of hydrogen-bond acceptors (Lipinski definition) is 4. The highest BCUT2D eigenvalue weighted by molar-refractivity contribution is 5.96. The molecule has 1 aliphatic carbocycles. The molecule has 0 spiro atoms. The molecule has 1 fully saturated rings. The number of aromatic amines is 1. The molecule has 1 heterocycles. The van der Waals surface area contributed by atoms with Gasteiger partial charge in [0.2, 0.25) is 5.91 Å². The number of amides is 2. The molecule has 0 unspecified atom stereocenters. The Morgan fingerprint density at radius 2 is 1.81 bits per heavy atom. The van der Waals surface area contributed by atoms with Gasteiger partial charge >= 0.3 is 0 Å². The lowest BCUT2D eigenvalue weighted by atomic mass is 9.94. The van der Waals surface area contributed by atoms with E-state index in [0.29, 0.717) is 35.0 Å². The molecule has 1 aromatic carbocycles. The van der Waals surface area contributed by atoms with Crippen molar-refractivity contribution in [3.63, 3.8) is 0 Å². The van der Waals surface area contributed by atoms with E-state index in [1.54, 1.807) is 38.1 Å². The molecule has 0 radical (unpaired) electrons. The Bertz CT molecular complexity index is 1090. The highest BCUT2D eigenvalue weighted by Crippen LogP contribution is 2.23. The Labute approximate surface area is 188 Å². The Morgan fingerprint density at radius 3 is 2.44 bits per heavy atom. The zero-order valence-electron chi connectivity index (χ0n) is 19.0. The van der Waals surface area contributed by atoms with E-state index in [-0.39, 0.29) is 23.8 Å². The molecular formula is C25H30N4O3. The number of aryl methyl sites for hydroxylation is 1. The molecule has 2 N–H and O–H groups in total. The van der Waals surface area contributed by atoms with Crippen molar-refractivity contribution in [2.24, 2.45) is 0 Å². The smallest absolute Gasteiger partial charge is 0.266 e. The first kappa shape index (κ1) is 23.3. The summed E-state index contributed by atoms with van der Waals surface area (Å²) in [4.78, 5) is 41.6. The molecule has 2 aromatic rings. The number of pyridine rings is 1. The van der Waals surface area contributed by atoms with Crippen LogP contribution in [0.5, 0.6) is 0 Å². The van der Waals surface area contributed by atoms with Crippen LogP contribution in [0.25, 0.3) is 0 Å². The van der Waals surface area contributed by atoms with Crippen molar-refractivity contribution in [2.75, 3.05) is 12.4 Å². The van der Waals surface area contributed by atoms with Crippen LogP contribution in [0.15, 0.2) is 29.1 Å². The van der Waals surface area contributed by atoms with Crippen LogP contribution in [0.4, 0.5) is 5.69 Å². The van der Waals surface area contributed by atoms with Gasteiger partial charge in [-0.25, -0.2) is 0 Å². The van der Waals surface area contributed by atoms with E-state index < -0.39 is 5.56 Å². The minimum atomic E-state index is -0.403. The van der Waals surface area contributed by atoms with Gasteiger partial charge in [-0.15, -0.1) is 0 Å². The molecule has 7 nitrogen and oxygen atoms in total. The molecule has 168 valence electrons. The first-order valence-corrected chi connectivity index (χ1v) is 11.1. The second-order valence-electron chi connectivity index (χ2n) is 8.50. The number of hydrogen-bond donors (Lipinski definition) is 2. The van der Waals surface area contributed by atoms with E-state index in [4.69, 9.17) is 0 Å². The molecule has 0 atom stereocenters. The number of benzene rings is 1. The highest BCUT2D eigenvalue weighted by atomic mass is 16.2. The number of nitrogens with zero attached hydrogens (tertiary/aromatic N) is 2. The minimum absolute atomic E-state index is 0.00657. The van der Waals surface area contributed by atoms with Gasteiger partial charge in [-0.2, -0.15) is 5.26 Å². The summed E-state index contributed by atoms with van der Waals surface area (Å²) in [5.74, 6) is -0.168. The maximum absolute atomic E-state index is 12.8. The molecule has 0 aliphatic heterocycles. The van der Waals surface area contributed by atoms with Crippen molar-refractivity contribution in [1.29, 1.82) is 5.26 Å². The zero-order valence-corrected chi connectivity index (χ0v) is 19.0. The Hall–Kier alpha value is -3.40. The summed E-state index contributed by atoms with van der Waals surface area (Å²) in [5.41, 5.74) is 3.02. The molecule has 1 saturated carbocycles. The summed E-state index contributed by atoms with van der Waals surface area (Å²) in [5, 5.41) is 12.0. The second kappa shape index (κ2) is 10.3. The summed E-state index contributed by atoms with van der Waals surface area (Å²) in [7, 11) is 1.87. The lowest BCUT2D eigenvalue weighted by Gasteiger charge is -2.31. The average Bonchev–Trinajstić information content (AvgIpc) is 2.79. The number of nitrogens with one attached hydrogen (secondary N) is 2. The monoisotopic (exact) mass is 434 g/mol. The summed E-state index contributed by atoms with van der Waals surface area (Å²) in [6, 6.07) is 9.20. The van der Waals surface area contributed by atoms with Crippen molar-refractivity contribution in [3.05, 3.63) is 62.6 Å². The lowest BCUT2D eigenvalue weighted by molar-refractivity contribution is -0.116. The van der Waals surface area contributed by atoms with Crippen molar-refractivity contribution in [3.8, 4) is 6.07 Å². The molecular weight excluding hydrogens is 404 g/mol. The van der Waals surface area contributed by atoms with Gasteiger partial charge in [-0.05, 0) is 68.5 Å². The Kier molecular flexibility index (Phi) is 7.47. The second-order valence-corrected chi connectivity index (χ2v) is 8.50. The number of carbonyl (C=O) groups excluding carboxylic acids is 2. The van der Waals surface area contributed by atoms with Crippen LogP contribution in [0.2, 0.25) is 0 Å². The van der Waals surface area contributed by atoms with E-state index in [1.807, 2.05) is 18.0 Å². The SMILES string of the molecule is Cc1[nH]c(=O)c(C#N)c(C)c1CCC(=O)Nc1ccc(C(=O)N(C)C2CCCCC2)cc1. The first-order valence-electron chi connectivity index (χ1n) is 11.1. The van der Waals surface area contributed by atoms with Gasteiger partial charge in [-0.1, -0.05) is 19.3 Å². The van der Waals surface area contributed by atoms with Gasteiger partial charge in [0.15, 0.2) is 0 Å². The third-order valence-electron chi connectivity index (χ3n) is 6.38. The molecule has 2 amide bonds. The fourth-order valence-electron chi connectivity index (χ4n) is 4.42. The fourth-order valence-corrected chi connectivity index (χ4v) is 4.42. The molecule has 32 heavy (non-hydrogen) atoms. The van der Waals surface area contributed by atoms with E-state index in [0.717, 1.165) is 18.4 Å². The van der Waals surface area contributed by atoms with Gasteiger partial charge in [0.05, 0.1) is 0 Å². The van der Waals surface area contributed by atoms with E-state index >= 15 is 0 Å². The molecule has 0 bridgehead atoms. The van der Waals surface area contributed by atoms with Gasteiger partial charge in [-0.3, -0.25) is 14.4 Å². The minimum Gasteiger partial charge on any atom is -0.339 e. The molecule has 3 rings (SSSR count). The Balaban J connectivity index is 1.59. The van der Waals surface area contributed by atoms with E-state index in [2.05, 4.69) is 10.3 Å². The van der Waals surface area contributed by atoms with Crippen LogP contribution < -0.4 is 10.9 Å². The topological polar surface area (TPSA) is 106 Å². The van der Waals surface area contributed by atoms with Gasteiger partial charge in [0, 0.05) is 36.5 Å². The predicted octanol–water partition coefficient (Wildman–Crippen LogP) is 3.84. The van der Waals surface area contributed by atoms with Crippen molar-refractivity contribution >= 4 is 17.5 Å². The van der Waals surface area contributed by atoms with Gasteiger partial charge in [0.25, 0.3) is 11.5 Å². The fraction of sp³-hybridized carbons (Fsp3) is 0.440. The van der Waals surface area contributed by atoms with Crippen LogP contribution in [-0.4, -0.2) is 34.8 Å². The molecule has 7 heteroatoms. The maximum Gasteiger partial charge on any atom is 0.266 e. The third kappa shape index (κ3) is 5.25. The predicted molar refractivity (Wildman–Crippen MR) is 124 cm³/mol. The van der Waals surface area contributed by atoms with Crippen LogP contribution in [0.1, 0.15) is 71.3 Å². The number of H-pyrrole nitrogens is 1. The van der Waals surface area contributed by atoms with Gasteiger partial charge in [0.1, 0.15) is 11.6 Å². The van der Waals surface area contributed by atoms with E-state index in [9.17, 15) is 19.6 Å². The lowest BCUT2D eigenvalue weighted by Crippen LogP contribution is -2.38. The van der Waals surface area contributed by atoms with Crippen molar-refractivity contribution in [2.45, 2.75) is 64.8 Å². The van der Waals surface area contributed by atoms with Crippen LogP contribution >= 0.6 is 0 Å². The Morgan fingerprint density at radius 1 is 1.16 bits per heavy atom. The summed E-state index contributed by atoms with van der Waals surface area (Å²) in [6.07, 6.45) is 6.32. The zero-order chi connectivity index (χ0) is 23.3. The van der Waals surface area contributed by atoms with Crippen LogP contribution in [-0.2, 0) is 11.2 Å². The molecule has 1 aliphatic rings. The number of anilines is 1. The highest BCUT2D eigenvalue weighted by Gasteiger charge is 2.23. The van der Waals surface area contributed by atoms with Crippen LogP contribution in [0, 0.1) is 25.2 Å².